The Morgan fingerprint density at radius 1 is 1.00 bits per heavy atom. The molecule has 6 heteroatoms. The molecule has 0 spiro atoms. The minimum atomic E-state index is -0.263. The summed E-state index contributed by atoms with van der Waals surface area (Å²) in [7, 11) is 0. The zero-order chi connectivity index (χ0) is 17.3. The number of rotatable bonds is 6. The number of urea groups is 1. The Kier molecular flexibility index (Phi) is 4.44. The highest BCUT2D eigenvalue weighted by atomic mass is 16.3. The Morgan fingerprint density at radius 3 is 2.24 bits per heavy atom. The normalized spacial score (nSPS) is 32.4. The fourth-order valence-corrected chi connectivity index (χ4v) is 5.68. The smallest absolute Gasteiger partial charge is 0.314 e. The van der Waals surface area contributed by atoms with E-state index in [-0.39, 0.29) is 17.7 Å². The van der Waals surface area contributed by atoms with Crippen LogP contribution in [0, 0.1) is 23.2 Å². The van der Waals surface area contributed by atoms with Crippen molar-refractivity contribution in [2.45, 2.75) is 38.5 Å². The standard InChI is InChI=1S/C19H27N3O3/c23-17(16-2-1-5-25-16)20-3-4-21-18(24)22-12-19-9-13-6-14(10-19)8-15(7-13)11-19/h1-2,5,13-15H,3-4,6-12H2,(H,20,23)(H2,21,22,24). The lowest BCUT2D eigenvalue weighted by Crippen LogP contribution is -2.52. The highest BCUT2D eigenvalue weighted by Gasteiger charge is 2.50. The maximum atomic E-state index is 12.1. The molecule has 4 fully saturated rings. The molecule has 4 bridgehead atoms. The van der Waals surface area contributed by atoms with Crippen LogP contribution in [0.1, 0.15) is 49.1 Å². The monoisotopic (exact) mass is 345 g/mol. The van der Waals surface area contributed by atoms with Gasteiger partial charge in [0, 0.05) is 19.6 Å². The lowest BCUT2D eigenvalue weighted by Gasteiger charge is -2.56. The van der Waals surface area contributed by atoms with Crippen molar-refractivity contribution < 1.29 is 14.0 Å². The average molecular weight is 345 g/mol. The van der Waals surface area contributed by atoms with Crippen molar-refractivity contribution in [2.75, 3.05) is 19.6 Å². The van der Waals surface area contributed by atoms with Crippen LogP contribution in [-0.2, 0) is 0 Å². The van der Waals surface area contributed by atoms with Gasteiger partial charge in [0.15, 0.2) is 5.76 Å². The number of carbonyl (C=O) groups excluding carboxylic acids is 2. The molecule has 0 aliphatic heterocycles. The number of hydrogen-bond acceptors (Lipinski definition) is 3. The van der Waals surface area contributed by atoms with Gasteiger partial charge in [0.1, 0.15) is 0 Å². The first-order valence-electron chi connectivity index (χ1n) is 9.45. The van der Waals surface area contributed by atoms with Gasteiger partial charge in [-0.15, -0.1) is 0 Å². The lowest BCUT2D eigenvalue weighted by molar-refractivity contribution is -0.0498. The molecule has 0 radical (unpaired) electrons. The summed E-state index contributed by atoms with van der Waals surface area (Å²) in [6, 6.07) is 3.15. The van der Waals surface area contributed by atoms with Crippen LogP contribution in [0.15, 0.2) is 22.8 Å². The van der Waals surface area contributed by atoms with Gasteiger partial charge in [-0.1, -0.05) is 0 Å². The van der Waals surface area contributed by atoms with Crippen molar-refractivity contribution >= 4 is 11.9 Å². The number of amides is 3. The van der Waals surface area contributed by atoms with Crippen LogP contribution in [0.3, 0.4) is 0 Å². The second-order valence-electron chi connectivity index (χ2n) is 8.26. The van der Waals surface area contributed by atoms with Crippen molar-refractivity contribution in [1.82, 2.24) is 16.0 Å². The third-order valence-electron chi connectivity index (χ3n) is 6.23. The Hall–Kier alpha value is -1.98. The van der Waals surface area contributed by atoms with Gasteiger partial charge in [0.2, 0.25) is 0 Å². The number of hydrogen-bond donors (Lipinski definition) is 3. The molecule has 136 valence electrons. The van der Waals surface area contributed by atoms with Gasteiger partial charge in [-0.25, -0.2) is 4.79 Å². The van der Waals surface area contributed by atoms with E-state index in [1.807, 2.05) is 0 Å². The average Bonchev–Trinajstić information content (AvgIpc) is 3.10. The van der Waals surface area contributed by atoms with E-state index in [0.717, 1.165) is 24.3 Å². The third kappa shape index (κ3) is 3.67. The maximum absolute atomic E-state index is 12.1. The van der Waals surface area contributed by atoms with Crippen LogP contribution in [0.2, 0.25) is 0 Å². The van der Waals surface area contributed by atoms with E-state index in [2.05, 4.69) is 16.0 Å². The first-order valence-corrected chi connectivity index (χ1v) is 9.45. The molecule has 4 saturated carbocycles. The van der Waals surface area contributed by atoms with E-state index >= 15 is 0 Å². The Bertz CT molecular complexity index is 591. The van der Waals surface area contributed by atoms with E-state index in [9.17, 15) is 9.59 Å². The van der Waals surface area contributed by atoms with Crippen LogP contribution in [0.4, 0.5) is 4.79 Å². The van der Waals surface area contributed by atoms with Gasteiger partial charge in [-0.05, 0) is 73.8 Å². The molecule has 3 N–H and O–H groups in total. The fourth-order valence-electron chi connectivity index (χ4n) is 5.68. The SMILES string of the molecule is O=C(NCCNC(=O)c1ccco1)NCC12CC3CC(CC(C3)C1)C2. The molecular weight excluding hydrogens is 318 g/mol. The largest absolute Gasteiger partial charge is 0.459 e. The molecule has 0 atom stereocenters. The van der Waals surface area contributed by atoms with Crippen LogP contribution < -0.4 is 16.0 Å². The van der Waals surface area contributed by atoms with Gasteiger partial charge < -0.3 is 20.4 Å². The van der Waals surface area contributed by atoms with Crippen LogP contribution >= 0.6 is 0 Å². The van der Waals surface area contributed by atoms with Crippen molar-refractivity contribution in [3.05, 3.63) is 24.2 Å². The topological polar surface area (TPSA) is 83.4 Å². The summed E-state index contributed by atoms with van der Waals surface area (Å²) in [5.41, 5.74) is 0.347. The summed E-state index contributed by atoms with van der Waals surface area (Å²) in [4.78, 5) is 23.8. The number of carbonyl (C=O) groups is 2. The summed E-state index contributed by atoms with van der Waals surface area (Å²) < 4.78 is 5.02. The molecule has 6 nitrogen and oxygen atoms in total. The summed E-state index contributed by atoms with van der Waals surface area (Å²) in [6.45, 7) is 1.57. The minimum Gasteiger partial charge on any atom is -0.459 e. The van der Waals surface area contributed by atoms with Gasteiger partial charge in [-0.2, -0.15) is 0 Å². The lowest BCUT2D eigenvalue weighted by atomic mass is 9.49. The van der Waals surface area contributed by atoms with E-state index in [4.69, 9.17) is 4.42 Å². The minimum absolute atomic E-state index is 0.136. The van der Waals surface area contributed by atoms with Crippen molar-refractivity contribution in [1.29, 1.82) is 0 Å². The summed E-state index contributed by atoms with van der Waals surface area (Å²) in [6.07, 6.45) is 9.59. The Balaban J connectivity index is 1.16. The number of nitrogens with one attached hydrogen (secondary N) is 3. The highest BCUT2D eigenvalue weighted by molar-refractivity contribution is 5.91. The molecule has 0 saturated heterocycles. The van der Waals surface area contributed by atoms with Crippen LogP contribution in [-0.4, -0.2) is 31.6 Å². The molecule has 3 amide bonds. The molecule has 0 aromatic carbocycles. The molecule has 1 aromatic rings. The summed E-state index contributed by atoms with van der Waals surface area (Å²) >= 11 is 0. The molecule has 1 aromatic heterocycles. The van der Waals surface area contributed by atoms with Gasteiger partial charge in [0.25, 0.3) is 5.91 Å². The first kappa shape index (κ1) is 16.5. The van der Waals surface area contributed by atoms with E-state index in [0.29, 0.717) is 18.5 Å². The van der Waals surface area contributed by atoms with Gasteiger partial charge >= 0.3 is 6.03 Å². The van der Waals surface area contributed by atoms with Crippen molar-refractivity contribution in [3.8, 4) is 0 Å². The molecule has 0 unspecified atom stereocenters. The molecular formula is C19H27N3O3. The molecule has 4 aliphatic rings. The number of furan rings is 1. The van der Waals surface area contributed by atoms with Crippen LogP contribution in [0.25, 0.3) is 0 Å². The molecule has 5 rings (SSSR count). The first-order chi connectivity index (χ1) is 12.1. The molecule has 25 heavy (non-hydrogen) atoms. The summed E-state index contributed by atoms with van der Waals surface area (Å²) in [5.74, 6) is 2.71. The second-order valence-corrected chi connectivity index (χ2v) is 8.26. The molecule has 1 heterocycles. The van der Waals surface area contributed by atoms with E-state index in [1.165, 1.54) is 44.8 Å². The zero-order valence-corrected chi connectivity index (χ0v) is 14.6. The predicted molar refractivity (Wildman–Crippen MR) is 93.0 cm³/mol. The van der Waals surface area contributed by atoms with E-state index in [1.54, 1.807) is 12.1 Å². The van der Waals surface area contributed by atoms with Gasteiger partial charge in [0.05, 0.1) is 6.26 Å². The maximum Gasteiger partial charge on any atom is 0.314 e. The van der Waals surface area contributed by atoms with Crippen molar-refractivity contribution in [3.63, 3.8) is 0 Å². The highest BCUT2D eigenvalue weighted by Crippen LogP contribution is 2.59. The van der Waals surface area contributed by atoms with Crippen LogP contribution in [0.5, 0.6) is 0 Å². The quantitative estimate of drug-likeness (QED) is 0.693. The van der Waals surface area contributed by atoms with Gasteiger partial charge in [-0.3, -0.25) is 4.79 Å². The molecule has 4 aliphatic carbocycles. The Labute approximate surface area is 148 Å². The summed E-state index contributed by atoms with van der Waals surface area (Å²) in [5, 5.41) is 8.61. The fraction of sp³-hybridized carbons (Fsp3) is 0.684. The Morgan fingerprint density at radius 2 is 1.64 bits per heavy atom. The third-order valence-corrected chi connectivity index (χ3v) is 6.23. The second kappa shape index (κ2) is 6.73. The predicted octanol–water partition coefficient (Wildman–Crippen LogP) is 2.52. The van der Waals surface area contributed by atoms with Crippen molar-refractivity contribution in [2.24, 2.45) is 23.2 Å². The zero-order valence-electron chi connectivity index (χ0n) is 14.6. The van der Waals surface area contributed by atoms with E-state index < -0.39 is 0 Å².